The van der Waals surface area contributed by atoms with Crippen molar-refractivity contribution >= 4 is 11.7 Å². The summed E-state index contributed by atoms with van der Waals surface area (Å²) in [6.07, 6.45) is 0.944. The summed E-state index contributed by atoms with van der Waals surface area (Å²) >= 11 is 0. The van der Waals surface area contributed by atoms with Crippen LogP contribution in [0.2, 0.25) is 0 Å². The van der Waals surface area contributed by atoms with Crippen molar-refractivity contribution < 1.29 is 14.3 Å². The second kappa shape index (κ2) is 4.96. The van der Waals surface area contributed by atoms with Gasteiger partial charge in [-0.3, -0.25) is 0 Å². The summed E-state index contributed by atoms with van der Waals surface area (Å²) in [7, 11) is 0. The highest BCUT2D eigenvalue weighted by atomic mass is 19.1. The number of aromatic carboxylic acids is 1. The molecule has 1 unspecified atom stereocenters. The molecule has 0 bridgehead atoms. The standard InChI is InChI=1S/C16H14FNO2/c17-14-7-3-6-13(16(19)20)15(14)18-9-11-8-10-4-1-2-5-12(10)11/h1-7,11,18H,8-9H2,(H,19,20). The molecule has 2 aromatic carbocycles. The van der Waals surface area contributed by atoms with Gasteiger partial charge in [0.05, 0.1) is 11.3 Å². The number of fused-ring (bicyclic) bond motifs is 1. The lowest BCUT2D eigenvalue weighted by atomic mass is 9.77. The van der Waals surface area contributed by atoms with Crippen molar-refractivity contribution in [3.05, 3.63) is 65.0 Å². The van der Waals surface area contributed by atoms with Crippen LogP contribution in [0.4, 0.5) is 10.1 Å². The first-order valence-corrected chi connectivity index (χ1v) is 6.50. The lowest BCUT2D eigenvalue weighted by molar-refractivity contribution is 0.0697. The van der Waals surface area contributed by atoms with Crippen LogP contribution < -0.4 is 5.32 Å². The van der Waals surface area contributed by atoms with E-state index in [0.717, 1.165) is 6.42 Å². The molecule has 2 N–H and O–H groups in total. The Balaban J connectivity index is 1.76. The molecular formula is C16H14FNO2. The van der Waals surface area contributed by atoms with E-state index in [1.165, 1.54) is 29.3 Å². The Morgan fingerprint density at radius 1 is 1.25 bits per heavy atom. The lowest BCUT2D eigenvalue weighted by Crippen LogP contribution is -2.25. The molecule has 2 aromatic rings. The van der Waals surface area contributed by atoms with Crippen LogP contribution >= 0.6 is 0 Å². The Labute approximate surface area is 116 Å². The summed E-state index contributed by atoms with van der Waals surface area (Å²) < 4.78 is 13.8. The zero-order valence-electron chi connectivity index (χ0n) is 10.8. The molecule has 0 spiro atoms. The molecule has 102 valence electrons. The summed E-state index contributed by atoms with van der Waals surface area (Å²) in [5.74, 6) is -1.34. The number of carbonyl (C=O) groups is 1. The fourth-order valence-corrected chi connectivity index (χ4v) is 2.65. The minimum Gasteiger partial charge on any atom is -0.478 e. The number of benzene rings is 2. The number of rotatable bonds is 4. The molecule has 4 heteroatoms. The van der Waals surface area contributed by atoms with Crippen molar-refractivity contribution in [1.29, 1.82) is 0 Å². The highest BCUT2D eigenvalue weighted by Gasteiger charge is 2.25. The number of nitrogens with one attached hydrogen (secondary N) is 1. The first kappa shape index (κ1) is 12.7. The van der Waals surface area contributed by atoms with Gasteiger partial charge in [-0.15, -0.1) is 0 Å². The van der Waals surface area contributed by atoms with Crippen LogP contribution in [0.3, 0.4) is 0 Å². The Bertz CT molecular complexity index is 669. The van der Waals surface area contributed by atoms with Crippen LogP contribution in [0, 0.1) is 5.82 Å². The van der Waals surface area contributed by atoms with Gasteiger partial charge in [-0.2, -0.15) is 0 Å². The van der Waals surface area contributed by atoms with Gasteiger partial charge in [0.2, 0.25) is 0 Å². The summed E-state index contributed by atoms with van der Waals surface area (Å²) in [6.45, 7) is 0.540. The molecule has 0 amide bonds. The molecule has 1 aliphatic rings. The van der Waals surface area contributed by atoms with Crippen LogP contribution in [0.25, 0.3) is 0 Å². The van der Waals surface area contributed by atoms with Crippen molar-refractivity contribution in [2.75, 3.05) is 11.9 Å². The Morgan fingerprint density at radius 3 is 2.80 bits per heavy atom. The Hall–Kier alpha value is -2.36. The average molecular weight is 271 g/mol. The molecule has 3 rings (SSSR count). The van der Waals surface area contributed by atoms with Crippen molar-refractivity contribution in [1.82, 2.24) is 0 Å². The number of hydrogen-bond donors (Lipinski definition) is 2. The lowest BCUT2D eigenvalue weighted by Gasteiger charge is -2.30. The minimum absolute atomic E-state index is 0.0300. The molecule has 0 aromatic heterocycles. The van der Waals surface area contributed by atoms with E-state index in [1.54, 1.807) is 0 Å². The summed E-state index contributed by atoms with van der Waals surface area (Å²) in [6, 6.07) is 12.2. The molecule has 0 saturated heterocycles. The summed E-state index contributed by atoms with van der Waals surface area (Å²) in [5.41, 5.74) is 2.61. The topological polar surface area (TPSA) is 49.3 Å². The third-order valence-electron chi connectivity index (χ3n) is 3.73. The van der Waals surface area contributed by atoms with Crippen LogP contribution in [-0.2, 0) is 6.42 Å². The van der Waals surface area contributed by atoms with Crippen molar-refractivity contribution in [2.45, 2.75) is 12.3 Å². The van der Waals surface area contributed by atoms with Gasteiger partial charge in [0.25, 0.3) is 0 Å². The van der Waals surface area contributed by atoms with E-state index in [0.29, 0.717) is 12.5 Å². The molecule has 1 atom stereocenters. The van der Waals surface area contributed by atoms with E-state index in [1.807, 2.05) is 12.1 Å². The zero-order valence-corrected chi connectivity index (χ0v) is 10.8. The van der Waals surface area contributed by atoms with E-state index < -0.39 is 11.8 Å². The van der Waals surface area contributed by atoms with Crippen LogP contribution in [0.15, 0.2) is 42.5 Å². The van der Waals surface area contributed by atoms with E-state index in [9.17, 15) is 9.18 Å². The van der Waals surface area contributed by atoms with Crippen molar-refractivity contribution in [3.63, 3.8) is 0 Å². The zero-order chi connectivity index (χ0) is 14.1. The second-order valence-corrected chi connectivity index (χ2v) is 4.95. The number of para-hydroxylation sites is 1. The fraction of sp³-hybridized carbons (Fsp3) is 0.188. The normalized spacial score (nSPS) is 16.1. The van der Waals surface area contributed by atoms with E-state index in [2.05, 4.69) is 17.4 Å². The van der Waals surface area contributed by atoms with Crippen molar-refractivity contribution in [3.8, 4) is 0 Å². The first-order chi connectivity index (χ1) is 9.66. The molecule has 0 saturated carbocycles. The second-order valence-electron chi connectivity index (χ2n) is 4.95. The van der Waals surface area contributed by atoms with Gasteiger partial charge in [0.15, 0.2) is 0 Å². The van der Waals surface area contributed by atoms with Gasteiger partial charge in [-0.05, 0) is 29.7 Å². The average Bonchev–Trinajstić information content (AvgIpc) is 2.41. The largest absolute Gasteiger partial charge is 0.478 e. The maximum Gasteiger partial charge on any atom is 0.337 e. The molecule has 20 heavy (non-hydrogen) atoms. The molecule has 0 radical (unpaired) electrons. The number of carboxylic acids is 1. The third-order valence-corrected chi connectivity index (χ3v) is 3.73. The number of halogens is 1. The first-order valence-electron chi connectivity index (χ1n) is 6.50. The third kappa shape index (κ3) is 2.13. The van der Waals surface area contributed by atoms with Gasteiger partial charge in [-0.25, -0.2) is 9.18 Å². The predicted octanol–water partition coefficient (Wildman–Crippen LogP) is 3.28. The molecular weight excluding hydrogens is 257 g/mol. The van der Waals surface area contributed by atoms with E-state index >= 15 is 0 Å². The Kier molecular flexibility index (Phi) is 3.14. The minimum atomic E-state index is -1.12. The van der Waals surface area contributed by atoms with Crippen LogP contribution in [-0.4, -0.2) is 17.6 Å². The van der Waals surface area contributed by atoms with Gasteiger partial charge in [0.1, 0.15) is 5.82 Å². The van der Waals surface area contributed by atoms with Crippen LogP contribution in [0.1, 0.15) is 27.4 Å². The predicted molar refractivity (Wildman–Crippen MR) is 74.7 cm³/mol. The highest BCUT2D eigenvalue weighted by Crippen LogP contribution is 2.35. The quantitative estimate of drug-likeness (QED) is 0.897. The fourth-order valence-electron chi connectivity index (χ4n) is 2.65. The molecule has 3 nitrogen and oxygen atoms in total. The van der Waals surface area contributed by atoms with Crippen LogP contribution in [0.5, 0.6) is 0 Å². The summed E-state index contributed by atoms with van der Waals surface area (Å²) in [4.78, 5) is 11.1. The van der Waals surface area contributed by atoms with E-state index in [-0.39, 0.29) is 11.3 Å². The smallest absolute Gasteiger partial charge is 0.337 e. The van der Waals surface area contributed by atoms with Gasteiger partial charge in [0, 0.05) is 12.5 Å². The highest BCUT2D eigenvalue weighted by molar-refractivity contribution is 5.94. The Morgan fingerprint density at radius 2 is 2.05 bits per heavy atom. The van der Waals surface area contributed by atoms with Gasteiger partial charge in [-0.1, -0.05) is 30.3 Å². The molecule has 0 fully saturated rings. The monoisotopic (exact) mass is 271 g/mol. The maximum atomic E-state index is 13.8. The number of carboxylic acid groups (broad SMARTS) is 1. The maximum absolute atomic E-state index is 13.8. The van der Waals surface area contributed by atoms with E-state index in [4.69, 9.17) is 5.11 Å². The van der Waals surface area contributed by atoms with Crippen molar-refractivity contribution in [2.24, 2.45) is 0 Å². The molecule has 0 heterocycles. The van der Waals surface area contributed by atoms with Gasteiger partial charge >= 0.3 is 5.97 Å². The molecule has 1 aliphatic carbocycles. The molecule has 0 aliphatic heterocycles. The summed E-state index contributed by atoms with van der Waals surface area (Å²) in [5, 5.41) is 12.0. The number of anilines is 1. The SMILES string of the molecule is O=C(O)c1cccc(F)c1NCC1Cc2ccccc21. The number of hydrogen-bond acceptors (Lipinski definition) is 2. The van der Waals surface area contributed by atoms with Gasteiger partial charge < -0.3 is 10.4 Å².